The molecule has 0 aliphatic rings. The number of hydrogen-bond donors (Lipinski definition) is 3. The Labute approximate surface area is 86.5 Å². The predicted octanol–water partition coefficient (Wildman–Crippen LogP) is 0.598. The van der Waals surface area contributed by atoms with Crippen molar-refractivity contribution in [2.75, 3.05) is 12.4 Å². The van der Waals surface area contributed by atoms with Crippen molar-refractivity contribution in [2.45, 2.75) is 0 Å². The Bertz CT molecular complexity index is 365. The summed E-state index contributed by atoms with van der Waals surface area (Å²) in [5.41, 5.74) is 2.08. The molecule has 6 heteroatoms. The Kier molecular flexibility index (Phi) is 4.11. The van der Waals surface area contributed by atoms with Crippen LogP contribution in [0.3, 0.4) is 0 Å². The van der Waals surface area contributed by atoms with Crippen molar-refractivity contribution >= 4 is 17.8 Å². The van der Waals surface area contributed by atoms with E-state index in [4.69, 9.17) is 9.94 Å². The lowest BCUT2D eigenvalue weighted by molar-refractivity contribution is -0.110. The number of nitrogens with zero attached hydrogens (tertiary/aromatic N) is 1. The van der Waals surface area contributed by atoms with Gasteiger partial charge in [0.1, 0.15) is 12.0 Å². The van der Waals surface area contributed by atoms with Crippen LogP contribution in [0, 0.1) is 0 Å². The molecule has 0 spiro atoms. The van der Waals surface area contributed by atoms with Crippen molar-refractivity contribution in [1.82, 2.24) is 5.59 Å². The van der Waals surface area contributed by atoms with E-state index in [9.17, 15) is 4.79 Å². The number of methoxy groups -OCH3 is 1. The summed E-state index contributed by atoms with van der Waals surface area (Å²) in [6.45, 7) is 0. The van der Waals surface area contributed by atoms with E-state index < -0.39 is 5.91 Å². The smallest absolute Gasteiger partial charge is 0.268 e. The summed E-state index contributed by atoms with van der Waals surface area (Å²) in [5.74, 6) is 0.190. The first-order chi connectivity index (χ1) is 7.26. The van der Waals surface area contributed by atoms with E-state index in [-0.39, 0.29) is 0 Å². The molecule has 1 rings (SSSR count). The van der Waals surface area contributed by atoms with Crippen LogP contribution in [-0.4, -0.2) is 24.4 Å². The third kappa shape index (κ3) is 3.65. The second-order valence-corrected chi connectivity index (χ2v) is 2.58. The SMILES string of the molecule is COc1cccc(NC(=O)/C=N/NO)c1. The van der Waals surface area contributed by atoms with Gasteiger partial charge in [0.05, 0.1) is 7.11 Å². The summed E-state index contributed by atoms with van der Waals surface area (Å²) in [6, 6.07) is 6.88. The van der Waals surface area contributed by atoms with E-state index >= 15 is 0 Å². The maximum Gasteiger partial charge on any atom is 0.268 e. The first-order valence-corrected chi connectivity index (χ1v) is 4.13. The highest BCUT2D eigenvalue weighted by Gasteiger charge is 1.99. The van der Waals surface area contributed by atoms with Gasteiger partial charge < -0.3 is 10.1 Å². The number of benzene rings is 1. The van der Waals surface area contributed by atoms with Gasteiger partial charge in [-0.15, -0.1) is 0 Å². The fourth-order valence-electron chi connectivity index (χ4n) is 0.963. The summed E-state index contributed by atoms with van der Waals surface area (Å²) in [5, 5.41) is 13.8. The number of nitrogens with one attached hydrogen (secondary N) is 2. The standard InChI is InChI=1S/C9H11N3O3/c1-15-8-4-2-3-7(5-8)11-9(13)6-10-12-14/h2-6,12,14H,1H3,(H,11,13)/b10-6+. The van der Waals surface area contributed by atoms with Crippen molar-refractivity contribution in [3.63, 3.8) is 0 Å². The van der Waals surface area contributed by atoms with Gasteiger partial charge in [0.25, 0.3) is 5.91 Å². The molecule has 1 amide bonds. The van der Waals surface area contributed by atoms with Crippen LogP contribution in [-0.2, 0) is 4.79 Å². The first kappa shape index (κ1) is 11.0. The van der Waals surface area contributed by atoms with Gasteiger partial charge in [-0.2, -0.15) is 10.7 Å². The normalized spacial score (nSPS) is 10.0. The third-order valence-corrected chi connectivity index (χ3v) is 1.58. The number of anilines is 1. The number of amides is 1. The maximum atomic E-state index is 11.1. The molecule has 6 nitrogen and oxygen atoms in total. The molecule has 0 atom stereocenters. The summed E-state index contributed by atoms with van der Waals surface area (Å²) in [6.07, 6.45) is 0.916. The van der Waals surface area contributed by atoms with Crippen molar-refractivity contribution in [3.05, 3.63) is 24.3 Å². The van der Waals surface area contributed by atoms with E-state index in [2.05, 4.69) is 10.4 Å². The summed E-state index contributed by atoms with van der Waals surface area (Å²) >= 11 is 0. The second-order valence-electron chi connectivity index (χ2n) is 2.58. The average molecular weight is 209 g/mol. The van der Waals surface area contributed by atoms with Crippen LogP contribution < -0.4 is 15.6 Å². The van der Waals surface area contributed by atoms with Crippen molar-refractivity contribution in [3.8, 4) is 5.75 Å². The number of hydrogen-bond acceptors (Lipinski definition) is 5. The average Bonchev–Trinajstić information content (AvgIpc) is 2.26. The molecule has 0 saturated carbocycles. The second kappa shape index (κ2) is 5.61. The molecule has 0 aromatic heterocycles. The van der Waals surface area contributed by atoms with Crippen LogP contribution in [0.1, 0.15) is 0 Å². The summed E-state index contributed by atoms with van der Waals surface area (Å²) < 4.78 is 4.98. The highest BCUT2D eigenvalue weighted by atomic mass is 16.5. The maximum absolute atomic E-state index is 11.1. The number of hydrazone groups is 1. The van der Waals surface area contributed by atoms with Gasteiger partial charge in [0, 0.05) is 11.8 Å². The van der Waals surface area contributed by atoms with E-state index in [0.717, 1.165) is 6.21 Å². The first-order valence-electron chi connectivity index (χ1n) is 4.13. The molecule has 0 fully saturated rings. The van der Waals surface area contributed by atoms with Crippen LogP contribution in [0.4, 0.5) is 5.69 Å². The lowest BCUT2D eigenvalue weighted by Crippen LogP contribution is -2.14. The van der Waals surface area contributed by atoms with Crippen LogP contribution in [0.5, 0.6) is 5.75 Å². The zero-order valence-corrected chi connectivity index (χ0v) is 8.10. The molecule has 0 bridgehead atoms. The quantitative estimate of drug-likeness (QED) is 0.501. The molecule has 0 aliphatic heterocycles. The Hall–Kier alpha value is -2.08. The van der Waals surface area contributed by atoms with E-state index in [0.29, 0.717) is 11.4 Å². The topological polar surface area (TPSA) is 83.0 Å². The van der Waals surface area contributed by atoms with Gasteiger partial charge in [-0.25, -0.2) is 0 Å². The van der Waals surface area contributed by atoms with Gasteiger partial charge in [0.15, 0.2) is 0 Å². The number of carbonyl (C=O) groups is 1. The molecule has 0 unspecified atom stereocenters. The fraction of sp³-hybridized carbons (Fsp3) is 0.111. The molecular weight excluding hydrogens is 198 g/mol. The Balaban J connectivity index is 2.64. The Morgan fingerprint density at radius 1 is 1.60 bits per heavy atom. The molecule has 0 saturated heterocycles. The molecule has 15 heavy (non-hydrogen) atoms. The fourth-order valence-corrected chi connectivity index (χ4v) is 0.963. The molecule has 1 aromatic carbocycles. The van der Waals surface area contributed by atoms with Crippen LogP contribution in [0.25, 0.3) is 0 Å². The van der Waals surface area contributed by atoms with Gasteiger partial charge in [-0.1, -0.05) is 6.07 Å². The van der Waals surface area contributed by atoms with Gasteiger partial charge >= 0.3 is 0 Å². The molecule has 3 N–H and O–H groups in total. The Morgan fingerprint density at radius 3 is 3.07 bits per heavy atom. The largest absolute Gasteiger partial charge is 0.497 e. The van der Waals surface area contributed by atoms with Gasteiger partial charge in [-0.3, -0.25) is 10.0 Å². The van der Waals surface area contributed by atoms with Crippen LogP contribution in [0.15, 0.2) is 29.4 Å². The highest BCUT2D eigenvalue weighted by molar-refractivity contribution is 6.31. The van der Waals surface area contributed by atoms with Crippen molar-refractivity contribution in [2.24, 2.45) is 5.10 Å². The molecule has 0 aliphatic carbocycles. The van der Waals surface area contributed by atoms with Crippen LogP contribution >= 0.6 is 0 Å². The monoisotopic (exact) mass is 209 g/mol. The number of ether oxygens (including phenoxy) is 1. The minimum Gasteiger partial charge on any atom is -0.497 e. The van der Waals surface area contributed by atoms with Crippen molar-refractivity contribution < 1.29 is 14.7 Å². The zero-order valence-electron chi connectivity index (χ0n) is 8.10. The lowest BCUT2D eigenvalue weighted by atomic mass is 10.3. The highest BCUT2D eigenvalue weighted by Crippen LogP contribution is 2.16. The predicted molar refractivity (Wildman–Crippen MR) is 55.0 cm³/mol. The number of rotatable bonds is 4. The minimum absolute atomic E-state index is 0.454. The zero-order chi connectivity index (χ0) is 11.1. The minimum atomic E-state index is -0.454. The molecule has 0 radical (unpaired) electrons. The molecule has 80 valence electrons. The van der Waals surface area contributed by atoms with Gasteiger partial charge in [0.2, 0.25) is 0 Å². The summed E-state index contributed by atoms with van der Waals surface area (Å²) in [4.78, 5) is 11.1. The molecule has 1 aromatic rings. The van der Waals surface area contributed by atoms with Crippen molar-refractivity contribution in [1.29, 1.82) is 0 Å². The van der Waals surface area contributed by atoms with E-state index in [1.54, 1.807) is 24.3 Å². The van der Waals surface area contributed by atoms with E-state index in [1.165, 1.54) is 12.7 Å². The summed E-state index contributed by atoms with van der Waals surface area (Å²) in [7, 11) is 1.54. The molecular formula is C9H11N3O3. The van der Waals surface area contributed by atoms with Crippen LogP contribution in [0.2, 0.25) is 0 Å². The lowest BCUT2D eigenvalue weighted by Gasteiger charge is -2.03. The van der Waals surface area contributed by atoms with Gasteiger partial charge in [-0.05, 0) is 12.1 Å². The Morgan fingerprint density at radius 2 is 2.40 bits per heavy atom. The number of carbonyl (C=O) groups excluding carboxylic acids is 1. The molecule has 0 heterocycles. The van der Waals surface area contributed by atoms with E-state index in [1.807, 2.05) is 0 Å². The third-order valence-electron chi connectivity index (χ3n) is 1.58.